The fourth-order valence-corrected chi connectivity index (χ4v) is 5.24. The summed E-state index contributed by atoms with van der Waals surface area (Å²) in [7, 11) is -4.42. The molecule has 0 spiro atoms. The Labute approximate surface area is 200 Å². The maximum atomic E-state index is 13.4. The van der Waals surface area contributed by atoms with E-state index in [4.69, 9.17) is 9.05 Å². The van der Waals surface area contributed by atoms with E-state index >= 15 is 0 Å². The molecule has 2 aromatic rings. The Morgan fingerprint density at radius 3 is 1.33 bits per heavy atom. The second kappa shape index (κ2) is 8.78. The van der Waals surface area contributed by atoms with Crippen LogP contribution in [-0.2, 0) is 28.2 Å². The van der Waals surface area contributed by atoms with Gasteiger partial charge in [-0.2, -0.15) is 0 Å². The molecule has 4 nitrogen and oxygen atoms in total. The van der Waals surface area contributed by atoms with Crippen molar-refractivity contribution in [3.8, 4) is 11.5 Å². The van der Waals surface area contributed by atoms with Gasteiger partial charge < -0.3 is 9.05 Å². The van der Waals surface area contributed by atoms with E-state index in [2.05, 4.69) is 93.5 Å². The molecule has 1 aliphatic heterocycles. The monoisotopic (exact) mass is 472 g/mol. The van der Waals surface area contributed by atoms with Crippen molar-refractivity contribution in [3.05, 3.63) is 57.6 Å². The van der Waals surface area contributed by atoms with Gasteiger partial charge in [-0.25, -0.2) is 4.57 Å². The highest BCUT2D eigenvalue weighted by atomic mass is 31.2. The summed E-state index contributed by atoms with van der Waals surface area (Å²) in [5.74, 6) is 1.67. The number of aryl methyl sites for hydroxylation is 2. The fourth-order valence-electron chi connectivity index (χ4n) is 4.31. The van der Waals surface area contributed by atoms with E-state index in [0.29, 0.717) is 36.2 Å². The molecule has 2 aromatic carbocycles. The van der Waals surface area contributed by atoms with Gasteiger partial charge in [0.1, 0.15) is 11.5 Å². The van der Waals surface area contributed by atoms with Gasteiger partial charge in [0, 0.05) is 11.1 Å². The zero-order chi connectivity index (χ0) is 24.9. The maximum absolute atomic E-state index is 13.4. The minimum Gasteiger partial charge on any atom is -0.395 e. The standard InChI is InChI=1S/C28H41O4P/c1-17(2)21-13-19-11-12-20-14-22(18(3)4)16-24(28(8,9)10)26(20)32-33(29,30)31-25(19)23(15-21)27(5,6)7/h13-18H,11-12H2,1-10H3,(H,29,30). The molecule has 33 heavy (non-hydrogen) atoms. The molecule has 0 saturated carbocycles. The Morgan fingerprint density at radius 2 is 1.06 bits per heavy atom. The van der Waals surface area contributed by atoms with Crippen molar-refractivity contribution in [2.45, 2.75) is 105 Å². The normalized spacial score (nSPS) is 16.3. The topological polar surface area (TPSA) is 55.8 Å². The van der Waals surface area contributed by atoms with Crippen LogP contribution in [0.5, 0.6) is 11.5 Å². The first kappa shape index (κ1) is 25.8. The molecular weight excluding hydrogens is 431 g/mol. The van der Waals surface area contributed by atoms with Crippen molar-refractivity contribution in [1.82, 2.24) is 0 Å². The molecule has 0 atom stereocenters. The van der Waals surface area contributed by atoms with Crippen molar-refractivity contribution in [1.29, 1.82) is 0 Å². The van der Waals surface area contributed by atoms with Crippen LogP contribution in [-0.4, -0.2) is 4.89 Å². The minimum absolute atomic E-state index is 0.253. The number of phosphoric ester groups is 1. The maximum Gasteiger partial charge on any atom is 0.584 e. The van der Waals surface area contributed by atoms with E-state index in [9.17, 15) is 9.46 Å². The Bertz CT molecular complexity index is 1000. The third-order valence-electron chi connectivity index (χ3n) is 6.40. The van der Waals surface area contributed by atoms with Gasteiger partial charge in [-0.15, -0.1) is 0 Å². The molecule has 3 rings (SSSR count). The van der Waals surface area contributed by atoms with E-state index in [1.807, 2.05) is 0 Å². The molecule has 1 aliphatic rings. The van der Waals surface area contributed by atoms with Gasteiger partial charge in [-0.3, -0.25) is 4.89 Å². The second-order valence-corrected chi connectivity index (χ2v) is 13.4. The predicted octanol–water partition coefficient (Wildman–Crippen LogP) is 8.19. The summed E-state index contributed by atoms with van der Waals surface area (Å²) in [4.78, 5) is 10.9. The van der Waals surface area contributed by atoms with E-state index in [1.165, 1.54) is 11.1 Å². The molecule has 0 unspecified atom stereocenters. The molecule has 0 bridgehead atoms. The van der Waals surface area contributed by atoms with Crippen molar-refractivity contribution < 1.29 is 18.5 Å². The van der Waals surface area contributed by atoms with Crippen molar-refractivity contribution in [2.75, 3.05) is 0 Å². The van der Waals surface area contributed by atoms with Gasteiger partial charge in [0.15, 0.2) is 0 Å². The minimum atomic E-state index is -4.42. The average molecular weight is 473 g/mol. The van der Waals surface area contributed by atoms with Gasteiger partial charge in [0.25, 0.3) is 0 Å². The first-order chi connectivity index (χ1) is 15.0. The first-order valence-corrected chi connectivity index (χ1v) is 13.6. The smallest absolute Gasteiger partial charge is 0.395 e. The summed E-state index contributed by atoms with van der Waals surface area (Å²) in [5.41, 5.74) is 5.71. The molecule has 0 aromatic heterocycles. The molecular formula is C28H41O4P. The molecule has 0 aliphatic carbocycles. The van der Waals surface area contributed by atoms with Crippen LogP contribution in [0.2, 0.25) is 0 Å². The number of benzene rings is 2. The van der Waals surface area contributed by atoms with Crippen LogP contribution in [0, 0.1) is 0 Å². The molecule has 182 valence electrons. The van der Waals surface area contributed by atoms with Crippen molar-refractivity contribution in [3.63, 3.8) is 0 Å². The number of fused-ring (bicyclic) bond motifs is 2. The molecule has 0 amide bonds. The van der Waals surface area contributed by atoms with E-state index in [1.54, 1.807) is 0 Å². The predicted molar refractivity (Wildman–Crippen MR) is 137 cm³/mol. The zero-order valence-corrected chi connectivity index (χ0v) is 22.9. The lowest BCUT2D eigenvalue weighted by Crippen LogP contribution is -2.17. The number of hydrogen-bond acceptors (Lipinski definition) is 3. The van der Waals surface area contributed by atoms with Crippen LogP contribution in [0.25, 0.3) is 0 Å². The van der Waals surface area contributed by atoms with E-state index in [0.717, 1.165) is 22.3 Å². The Balaban J connectivity index is 2.28. The first-order valence-electron chi connectivity index (χ1n) is 12.1. The van der Waals surface area contributed by atoms with E-state index in [-0.39, 0.29) is 10.8 Å². The zero-order valence-electron chi connectivity index (χ0n) is 22.0. The van der Waals surface area contributed by atoms with Crippen LogP contribution in [0.4, 0.5) is 0 Å². The lowest BCUT2D eigenvalue weighted by Gasteiger charge is -2.28. The summed E-state index contributed by atoms with van der Waals surface area (Å²) < 4.78 is 25.2. The van der Waals surface area contributed by atoms with Crippen molar-refractivity contribution in [2.24, 2.45) is 0 Å². The van der Waals surface area contributed by atoms with Gasteiger partial charge in [0.05, 0.1) is 0 Å². The highest BCUT2D eigenvalue weighted by Crippen LogP contribution is 2.53. The molecule has 0 saturated heterocycles. The Hall–Kier alpha value is -1.77. The van der Waals surface area contributed by atoms with Gasteiger partial charge >= 0.3 is 7.82 Å². The highest BCUT2D eigenvalue weighted by Gasteiger charge is 2.36. The third-order valence-corrected chi connectivity index (χ3v) is 7.23. The second-order valence-electron chi connectivity index (χ2n) is 12.1. The van der Waals surface area contributed by atoms with Crippen LogP contribution < -0.4 is 9.05 Å². The summed E-state index contributed by atoms with van der Waals surface area (Å²) in [6.45, 7) is 21.3. The number of hydrogen-bond donors (Lipinski definition) is 1. The van der Waals surface area contributed by atoms with Gasteiger partial charge in [0.2, 0.25) is 0 Å². The quantitative estimate of drug-likeness (QED) is 0.448. The lowest BCUT2D eigenvalue weighted by molar-refractivity contribution is 0.285. The molecule has 0 radical (unpaired) electrons. The Morgan fingerprint density at radius 1 is 0.727 bits per heavy atom. The molecule has 1 heterocycles. The molecule has 1 N–H and O–H groups in total. The van der Waals surface area contributed by atoms with Crippen LogP contribution in [0.15, 0.2) is 24.3 Å². The largest absolute Gasteiger partial charge is 0.584 e. The highest BCUT2D eigenvalue weighted by molar-refractivity contribution is 7.48. The summed E-state index contributed by atoms with van der Waals surface area (Å²) in [5, 5.41) is 0. The number of rotatable bonds is 2. The lowest BCUT2D eigenvalue weighted by atomic mass is 9.80. The third kappa shape index (κ3) is 5.66. The van der Waals surface area contributed by atoms with Crippen LogP contribution >= 0.6 is 7.82 Å². The van der Waals surface area contributed by atoms with Gasteiger partial charge in [-0.1, -0.05) is 93.5 Å². The molecule has 0 fully saturated rings. The summed E-state index contributed by atoms with van der Waals surface area (Å²) in [6, 6.07) is 8.51. The average Bonchev–Trinajstić information content (AvgIpc) is 2.69. The number of phosphoric acid groups is 1. The SMILES string of the molecule is CC(C)c1cc2c(c(C(C)(C)C)c1)OP(=O)(O)Oc1c(cc(C(C)C)cc1C(C)(C)C)CC2. The Kier molecular flexibility index (Phi) is 6.88. The fraction of sp³-hybridized carbons (Fsp3) is 0.571. The van der Waals surface area contributed by atoms with E-state index < -0.39 is 7.82 Å². The summed E-state index contributed by atoms with van der Waals surface area (Å²) >= 11 is 0. The van der Waals surface area contributed by atoms with Crippen LogP contribution in [0.1, 0.15) is 114 Å². The van der Waals surface area contributed by atoms with Crippen LogP contribution in [0.3, 0.4) is 0 Å². The summed E-state index contributed by atoms with van der Waals surface area (Å²) in [6.07, 6.45) is 1.42. The van der Waals surface area contributed by atoms with Gasteiger partial charge in [-0.05, 0) is 57.8 Å². The van der Waals surface area contributed by atoms with Crippen molar-refractivity contribution >= 4 is 7.82 Å². The molecule has 5 heteroatoms.